The maximum Gasteiger partial charge on any atom is 0.330 e. The van der Waals surface area contributed by atoms with Crippen molar-refractivity contribution >= 4 is 33.1 Å². The number of nitrogens with two attached hydrogens (primary N) is 1. The Labute approximate surface area is 222 Å². The van der Waals surface area contributed by atoms with Crippen molar-refractivity contribution in [1.29, 1.82) is 0 Å². The lowest BCUT2D eigenvalue weighted by molar-refractivity contribution is 0.0986. The van der Waals surface area contributed by atoms with Crippen LogP contribution in [0.4, 0.5) is 17.2 Å². The summed E-state index contributed by atoms with van der Waals surface area (Å²) in [6.45, 7) is 8.14. The average Bonchev–Trinajstić information content (AvgIpc) is 2.87. The number of hydrogen-bond donors (Lipinski definition) is 2. The number of carbonyl (C=O) groups excluding carboxylic acids is 1. The van der Waals surface area contributed by atoms with E-state index < -0.39 is 27.2 Å². The third-order valence-electron chi connectivity index (χ3n) is 6.17. The summed E-state index contributed by atoms with van der Waals surface area (Å²) in [6.07, 6.45) is 1.36. The second-order valence-electron chi connectivity index (χ2n) is 9.64. The number of aromatic nitrogens is 2. The van der Waals surface area contributed by atoms with E-state index in [2.05, 4.69) is 4.98 Å². The van der Waals surface area contributed by atoms with Crippen LogP contribution in [0.3, 0.4) is 0 Å². The first-order chi connectivity index (χ1) is 17.9. The third kappa shape index (κ3) is 5.99. The predicted molar refractivity (Wildman–Crippen MR) is 150 cm³/mol. The minimum atomic E-state index is -3.80. The second-order valence-corrected chi connectivity index (χ2v) is 11.6. The zero-order valence-corrected chi connectivity index (χ0v) is 23.2. The molecule has 0 saturated carbocycles. The van der Waals surface area contributed by atoms with Crippen LogP contribution in [0.2, 0.25) is 0 Å². The molecule has 11 heteroatoms. The van der Waals surface area contributed by atoms with Crippen LogP contribution in [0.25, 0.3) is 0 Å². The van der Waals surface area contributed by atoms with Gasteiger partial charge in [-0.2, -0.15) is 0 Å². The third-order valence-corrected chi connectivity index (χ3v) is 7.97. The van der Waals surface area contributed by atoms with Gasteiger partial charge in [-0.05, 0) is 55.7 Å². The highest BCUT2D eigenvalue weighted by atomic mass is 32.2. The number of nitrogen functional groups attached to an aromatic ring is 1. The van der Waals surface area contributed by atoms with E-state index in [1.807, 2.05) is 27.7 Å². The lowest BCUT2D eigenvalue weighted by Gasteiger charge is -2.25. The topological polar surface area (TPSA) is 139 Å². The number of hydrogen-bond acceptors (Lipinski definition) is 6. The molecule has 3 rings (SSSR count). The highest BCUT2D eigenvalue weighted by Crippen LogP contribution is 2.25. The maximum atomic E-state index is 13.6. The number of anilines is 3. The molecule has 0 radical (unpaired) electrons. The van der Waals surface area contributed by atoms with E-state index in [9.17, 15) is 22.8 Å². The molecule has 0 unspecified atom stereocenters. The number of nitrogens with one attached hydrogen (secondary N) is 1. The van der Waals surface area contributed by atoms with E-state index in [1.165, 1.54) is 40.8 Å². The van der Waals surface area contributed by atoms with Crippen LogP contribution in [0, 0.1) is 12.8 Å². The SMILES string of the molecule is CCCCN(C(=O)c1ccc(N(C)S(=O)(=O)c2ccc(C)cc2)cc1)c1c(N)n(CC(C)C)c(=O)[nH]c1=O. The Hall–Kier alpha value is -3.86. The average molecular weight is 542 g/mol. The summed E-state index contributed by atoms with van der Waals surface area (Å²) in [5.74, 6) is -0.479. The Kier molecular flexibility index (Phi) is 8.82. The number of unbranched alkanes of at least 4 members (excludes halogenated alkanes) is 1. The molecule has 10 nitrogen and oxygen atoms in total. The van der Waals surface area contributed by atoms with Crippen LogP contribution in [0.15, 0.2) is 63.0 Å². The van der Waals surface area contributed by atoms with Gasteiger partial charge < -0.3 is 10.6 Å². The minimum Gasteiger partial charge on any atom is -0.383 e. The normalized spacial score (nSPS) is 11.5. The number of sulfonamides is 1. The van der Waals surface area contributed by atoms with E-state index in [0.29, 0.717) is 12.1 Å². The molecule has 0 spiro atoms. The number of rotatable bonds is 10. The standard InChI is InChI=1S/C27H35N5O5S/c1-6-7-16-31(23-24(28)32(17-18(2)3)27(35)29-25(23)33)26(34)20-10-12-21(13-11-20)30(5)38(36,37)22-14-8-19(4)9-15-22/h8-15,18H,6-7,16-17,28H2,1-5H3,(H,29,33,35). The lowest BCUT2D eigenvalue weighted by atomic mass is 10.1. The number of amides is 1. The Morgan fingerprint density at radius 3 is 2.21 bits per heavy atom. The molecular formula is C27H35N5O5S. The molecule has 38 heavy (non-hydrogen) atoms. The summed E-state index contributed by atoms with van der Waals surface area (Å²) >= 11 is 0. The number of H-pyrrole nitrogens is 1. The Morgan fingerprint density at radius 1 is 1.05 bits per heavy atom. The highest BCUT2D eigenvalue weighted by molar-refractivity contribution is 7.92. The molecule has 0 fully saturated rings. The minimum absolute atomic E-state index is 0.0718. The first kappa shape index (κ1) is 28.7. The Bertz CT molecular complexity index is 1510. The summed E-state index contributed by atoms with van der Waals surface area (Å²) in [7, 11) is -2.36. The summed E-state index contributed by atoms with van der Waals surface area (Å²) in [6, 6.07) is 12.6. The smallest absolute Gasteiger partial charge is 0.330 e. The van der Waals surface area contributed by atoms with E-state index in [1.54, 1.807) is 24.3 Å². The molecule has 3 aromatic rings. The van der Waals surface area contributed by atoms with Crippen molar-refractivity contribution in [2.75, 3.05) is 28.5 Å². The fourth-order valence-electron chi connectivity index (χ4n) is 3.99. The van der Waals surface area contributed by atoms with E-state index in [4.69, 9.17) is 5.73 Å². The van der Waals surface area contributed by atoms with Gasteiger partial charge in [0.05, 0.1) is 10.6 Å². The van der Waals surface area contributed by atoms with Crippen molar-refractivity contribution in [3.8, 4) is 0 Å². The molecule has 1 heterocycles. The zero-order valence-electron chi connectivity index (χ0n) is 22.4. The highest BCUT2D eigenvalue weighted by Gasteiger charge is 2.26. The van der Waals surface area contributed by atoms with Gasteiger partial charge >= 0.3 is 5.69 Å². The van der Waals surface area contributed by atoms with Gasteiger partial charge in [-0.1, -0.05) is 44.9 Å². The van der Waals surface area contributed by atoms with Gasteiger partial charge in [0.25, 0.3) is 21.5 Å². The molecule has 1 amide bonds. The molecule has 204 valence electrons. The number of carbonyl (C=O) groups is 1. The van der Waals surface area contributed by atoms with Crippen LogP contribution in [0.5, 0.6) is 0 Å². The molecular weight excluding hydrogens is 506 g/mol. The van der Waals surface area contributed by atoms with Crippen molar-refractivity contribution in [1.82, 2.24) is 9.55 Å². The van der Waals surface area contributed by atoms with Crippen molar-refractivity contribution in [2.45, 2.75) is 52.0 Å². The van der Waals surface area contributed by atoms with Gasteiger partial charge in [0.1, 0.15) is 5.82 Å². The van der Waals surface area contributed by atoms with E-state index >= 15 is 0 Å². The molecule has 1 aromatic heterocycles. The molecule has 0 bridgehead atoms. The maximum absolute atomic E-state index is 13.6. The summed E-state index contributed by atoms with van der Waals surface area (Å²) in [5.41, 5.74) is 6.38. The number of benzene rings is 2. The number of aromatic amines is 1. The quantitative estimate of drug-likeness (QED) is 0.404. The van der Waals surface area contributed by atoms with Crippen LogP contribution < -0.4 is 26.2 Å². The van der Waals surface area contributed by atoms with Gasteiger partial charge in [-0.25, -0.2) is 13.2 Å². The van der Waals surface area contributed by atoms with Gasteiger partial charge in [0, 0.05) is 25.7 Å². The van der Waals surface area contributed by atoms with Crippen LogP contribution in [-0.4, -0.2) is 37.5 Å². The summed E-state index contributed by atoms with van der Waals surface area (Å²) in [4.78, 5) is 42.6. The molecule has 2 aromatic carbocycles. The van der Waals surface area contributed by atoms with Gasteiger partial charge in [0.2, 0.25) is 0 Å². The first-order valence-electron chi connectivity index (χ1n) is 12.5. The summed E-state index contributed by atoms with van der Waals surface area (Å²) < 4.78 is 28.5. The predicted octanol–water partition coefficient (Wildman–Crippen LogP) is 3.36. The molecule has 0 atom stereocenters. The van der Waals surface area contributed by atoms with Crippen LogP contribution in [-0.2, 0) is 16.6 Å². The van der Waals surface area contributed by atoms with Crippen LogP contribution in [0.1, 0.15) is 49.5 Å². The van der Waals surface area contributed by atoms with E-state index in [-0.39, 0.29) is 41.0 Å². The molecule has 0 saturated heterocycles. The lowest BCUT2D eigenvalue weighted by Crippen LogP contribution is -2.42. The number of nitrogens with zero attached hydrogens (tertiary/aromatic N) is 3. The van der Waals surface area contributed by atoms with E-state index in [0.717, 1.165) is 16.3 Å². The number of aryl methyl sites for hydroxylation is 1. The van der Waals surface area contributed by atoms with Crippen LogP contribution >= 0.6 is 0 Å². The monoisotopic (exact) mass is 541 g/mol. The van der Waals surface area contributed by atoms with Crippen molar-refractivity contribution < 1.29 is 13.2 Å². The van der Waals surface area contributed by atoms with Crippen molar-refractivity contribution in [3.05, 3.63) is 80.5 Å². The second kappa shape index (κ2) is 11.7. The van der Waals surface area contributed by atoms with Crippen molar-refractivity contribution in [2.24, 2.45) is 5.92 Å². The van der Waals surface area contributed by atoms with Crippen molar-refractivity contribution in [3.63, 3.8) is 0 Å². The molecule has 0 aliphatic heterocycles. The first-order valence-corrected chi connectivity index (χ1v) is 13.9. The molecule has 0 aliphatic rings. The fourth-order valence-corrected chi connectivity index (χ4v) is 5.19. The fraction of sp³-hybridized carbons (Fsp3) is 0.370. The molecule has 3 N–H and O–H groups in total. The largest absolute Gasteiger partial charge is 0.383 e. The molecule has 0 aliphatic carbocycles. The Morgan fingerprint density at radius 2 is 1.66 bits per heavy atom. The van der Waals surface area contributed by atoms with Gasteiger partial charge in [0.15, 0.2) is 5.69 Å². The Balaban J connectivity index is 1.98. The van der Waals surface area contributed by atoms with Gasteiger partial charge in [-0.15, -0.1) is 0 Å². The van der Waals surface area contributed by atoms with Gasteiger partial charge in [-0.3, -0.25) is 23.4 Å². The zero-order chi connectivity index (χ0) is 28.2. The summed E-state index contributed by atoms with van der Waals surface area (Å²) in [5, 5.41) is 0.